The molecule has 1 aliphatic rings. The number of benzene rings is 1. The van der Waals surface area contributed by atoms with E-state index in [1.807, 2.05) is 24.3 Å². The van der Waals surface area contributed by atoms with Crippen LogP contribution >= 0.6 is 11.6 Å². The summed E-state index contributed by atoms with van der Waals surface area (Å²) in [4.78, 5) is 11.0. The average Bonchev–Trinajstić information content (AvgIpc) is 2.80. The van der Waals surface area contributed by atoms with Gasteiger partial charge in [-0.05, 0) is 43.0 Å². The lowest BCUT2D eigenvalue weighted by molar-refractivity contribution is -0.142. The number of hydrogen-bond donors (Lipinski definition) is 2. The Labute approximate surface area is 112 Å². The highest BCUT2D eigenvalue weighted by Crippen LogP contribution is 2.31. The molecule has 0 aliphatic heterocycles. The summed E-state index contributed by atoms with van der Waals surface area (Å²) < 4.78 is 0. The van der Waals surface area contributed by atoms with Gasteiger partial charge in [-0.25, -0.2) is 0 Å². The Hall–Kier alpha value is -1.06. The Morgan fingerprint density at radius 3 is 2.72 bits per heavy atom. The number of carboxylic acid groups (broad SMARTS) is 1. The third-order valence-electron chi connectivity index (χ3n) is 3.63. The van der Waals surface area contributed by atoms with E-state index in [0.717, 1.165) is 37.4 Å². The molecule has 2 N–H and O–H groups in total. The van der Waals surface area contributed by atoms with Crippen molar-refractivity contribution in [3.63, 3.8) is 0 Å². The number of carbonyl (C=O) groups is 1. The van der Waals surface area contributed by atoms with Crippen LogP contribution in [0.25, 0.3) is 0 Å². The number of nitrogens with one attached hydrogen (secondary N) is 1. The summed E-state index contributed by atoms with van der Waals surface area (Å²) in [5.74, 6) is -0.539. The quantitative estimate of drug-likeness (QED) is 0.862. The Bertz CT molecular complexity index is 405. The van der Waals surface area contributed by atoms with Gasteiger partial charge in [0.1, 0.15) is 0 Å². The largest absolute Gasteiger partial charge is 0.481 e. The Morgan fingerprint density at radius 1 is 1.33 bits per heavy atom. The maximum atomic E-state index is 11.0. The zero-order valence-electron chi connectivity index (χ0n) is 10.2. The molecule has 0 bridgehead atoms. The average molecular weight is 268 g/mol. The van der Waals surface area contributed by atoms with E-state index in [0.29, 0.717) is 0 Å². The van der Waals surface area contributed by atoms with E-state index in [2.05, 4.69) is 5.32 Å². The Kier molecular flexibility index (Phi) is 4.61. The monoisotopic (exact) mass is 267 g/mol. The van der Waals surface area contributed by atoms with Gasteiger partial charge in [0.2, 0.25) is 0 Å². The number of halogens is 1. The third kappa shape index (κ3) is 3.47. The summed E-state index contributed by atoms with van der Waals surface area (Å²) in [6.07, 6.45) is 2.87. The molecule has 1 fully saturated rings. The number of rotatable bonds is 5. The molecule has 1 aromatic rings. The summed E-state index contributed by atoms with van der Waals surface area (Å²) >= 11 is 5.82. The van der Waals surface area contributed by atoms with E-state index in [-0.39, 0.29) is 11.8 Å². The van der Waals surface area contributed by atoms with E-state index in [1.54, 1.807) is 0 Å². The number of aliphatic carboxylic acids is 1. The van der Waals surface area contributed by atoms with Crippen molar-refractivity contribution in [2.45, 2.75) is 25.8 Å². The number of hydrogen-bond acceptors (Lipinski definition) is 2. The van der Waals surface area contributed by atoms with Crippen molar-refractivity contribution < 1.29 is 9.90 Å². The van der Waals surface area contributed by atoms with Crippen molar-refractivity contribution in [2.24, 2.45) is 11.8 Å². The van der Waals surface area contributed by atoms with Gasteiger partial charge in [-0.2, -0.15) is 0 Å². The first-order chi connectivity index (χ1) is 8.66. The van der Waals surface area contributed by atoms with E-state index < -0.39 is 5.97 Å². The van der Waals surface area contributed by atoms with Crippen LogP contribution in [0.3, 0.4) is 0 Å². The lowest BCUT2D eigenvalue weighted by Crippen LogP contribution is -2.28. The second-order valence-corrected chi connectivity index (χ2v) is 5.33. The smallest absolute Gasteiger partial charge is 0.306 e. The lowest BCUT2D eigenvalue weighted by atomic mass is 9.96. The summed E-state index contributed by atoms with van der Waals surface area (Å²) in [6.45, 7) is 1.54. The molecule has 0 spiro atoms. The fraction of sp³-hybridized carbons (Fsp3) is 0.500. The van der Waals surface area contributed by atoms with Crippen molar-refractivity contribution in [3.05, 3.63) is 34.9 Å². The van der Waals surface area contributed by atoms with Crippen LogP contribution in [0.1, 0.15) is 24.8 Å². The van der Waals surface area contributed by atoms with E-state index in [1.165, 1.54) is 5.56 Å². The van der Waals surface area contributed by atoms with Gasteiger partial charge < -0.3 is 10.4 Å². The van der Waals surface area contributed by atoms with Crippen LogP contribution in [-0.4, -0.2) is 17.6 Å². The fourth-order valence-corrected chi connectivity index (χ4v) is 2.74. The molecular weight excluding hydrogens is 250 g/mol. The van der Waals surface area contributed by atoms with E-state index in [9.17, 15) is 4.79 Å². The molecule has 1 saturated carbocycles. The Morgan fingerprint density at radius 2 is 2.06 bits per heavy atom. The van der Waals surface area contributed by atoms with Crippen molar-refractivity contribution in [2.75, 3.05) is 6.54 Å². The molecule has 0 aromatic heterocycles. The number of carboxylic acids is 1. The second kappa shape index (κ2) is 6.21. The summed E-state index contributed by atoms with van der Waals surface area (Å²) in [6, 6.07) is 7.71. The molecule has 98 valence electrons. The van der Waals surface area contributed by atoms with Crippen molar-refractivity contribution >= 4 is 17.6 Å². The molecule has 1 aliphatic carbocycles. The first-order valence-corrected chi connectivity index (χ1v) is 6.72. The van der Waals surface area contributed by atoms with Crippen LogP contribution in [0.5, 0.6) is 0 Å². The third-order valence-corrected chi connectivity index (χ3v) is 3.88. The molecule has 3 nitrogen and oxygen atoms in total. The van der Waals surface area contributed by atoms with Crippen LogP contribution in [-0.2, 0) is 11.3 Å². The predicted octanol–water partition coefficient (Wildman–Crippen LogP) is 2.93. The molecule has 1 aromatic carbocycles. The highest BCUT2D eigenvalue weighted by molar-refractivity contribution is 6.30. The maximum absolute atomic E-state index is 11.0. The van der Waals surface area contributed by atoms with Crippen molar-refractivity contribution in [3.8, 4) is 0 Å². The topological polar surface area (TPSA) is 49.3 Å². The normalized spacial score (nSPS) is 23.2. The highest BCUT2D eigenvalue weighted by atomic mass is 35.5. The molecule has 0 radical (unpaired) electrons. The Balaban J connectivity index is 1.78. The minimum absolute atomic E-state index is 0.164. The van der Waals surface area contributed by atoms with Crippen LogP contribution in [0, 0.1) is 11.8 Å². The van der Waals surface area contributed by atoms with E-state index in [4.69, 9.17) is 16.7 Å². The molecule has 0 saturated heterocycles. The summed E-state index contributed by atoms with van der Waals surface area (Å²) in [5, 5.41) is 13.2. The van der Waals surface area contributed by atoms with Gasteiger partial charge in [0.15, 0.2) is 0 Å². The van der Waals surface area contributed by atoms with Crippen LogP contribution in [0.2, 0.25) is 5.02 Å². The minimum Gasteiger partial charge on any atom is -0.481 e. The lowest BCUT2D eigenvalue weighted by Gasteiger charge is -2.16. The second-order valence-electron chi connectivity index (χ2n) is 4.89. The van der Waals surface area contributed by atoms with Gasteiger partial charge in [0.05, 0.1) is 5.92 Å². The SMILES string of the molecule is O=C(O)C1CCCC1CNCc1ccc(Cl)cc1. The molecule has 4 heteroatoms. The zero-order chi connectivity index (χ0) is 13.0. The van der Waals surface area contributed by atoms with Gasteiger partial charge in [-0.15, -0.1) is 0 Å². The van der Waals surface area contributed by atoms with Crippen molar-refractivity contribution in [1.82, 2.24) is 5.32 Å². The van der Waals surface area contributed by atoms with Crippen LogP contribution in [0.4, 0.5) is 0 Å². The standard InChI is InChI=1S/C14H18ClNO2/c15-12-6-4-10(5-7-12)8-16-9-11-2-1-3-13(11)14(17)18/h4-7,11,13,16H,1-3,8-9H2,(H,17,18). The first-order valence-electron chi connectivity index (χ1n) is 6.35. The van der Waals surface area contributed by atoms with Crippen molar-refractivity contribution in [1.29, 1.82) is 0 Å². The van der Waals surface area contributed by atoms with Gasteiger partial charge in [0, 0.05) is 11.6 Å². The zero-order valence-corrected chi connectivity index (χ0v) is 11.0. The maximum Gasteiger partial charge on any atom is 0.306 e. The predicted molar refractivity (Wildman–Crippen MR) is 71.6 cm³/mol. The van der Waals surface area contributed by atoms with Crippen LogP contribution in [0.15, 0.2) is 24.3 Å². The first kappa shape index (κ1) is 13.4. The van der Waals surface area contributed by atoms with Gasteiger partial charge >= 0.3 is 5.97 Å². The highest BCUT2D eigenvalue weighted by Gasteiger charge is 2.32. The molecule has 0 heterocycles. The van der Waals surface area contributed by atoms with Crippen LogP contribution < -0.4 is 5.32 Å². The van der Waals surface area contributed by atoms with Gasteiger partial charge in [-0.3, -0.25) is 4.79 Å². The van der Waals surface area contributed by atoms with Gasteiger partial charge in [-0.1, -0.05) is 30.2 Å². The minimum atomic E-state index is -0.647. The van der Waals surface area contributed by atoms with Gasteiger partial charge in [0.25, 0.3) is 0 Å². The molecule has 18 heavy (non-hydrogen) atoms. The molecule has 2 rings (SSSR count). The molecular formula is C14H18ClNO2. The molecule has 0 amide bonds. The molecule has 2 atom stereocenters. The summed E-state index contributed by atoms with van der Waals surface area (Å²) in [5.41, 5.74) is 1.17. The summed E-state index contributed by atoms with van der Waals surface area (Å²) in [7, 11) is 0. The van der Waals surface area contributed by atoms with E-state index >= 15 is 0 Å². The fourth-order valence-electron chi connectivity index (χ4n) is 2.61. The molecule has 2 unspecified atom stereocenters.